The Morgan fingerprint density at radius 1 is 1.53 bits per heavy atom. The van der Waals surface area contributed by atoms with Gasteiger partial charge in [0.2, 0.25) is 0 Å². The van der Waals surface area contributed by atoms with Crippen molar-refractivity contribution in [1.29, 1.82) is 0 Å². The van der Waals surface area contributed by atoms with E-state index in [1.54, 1.807) is 0 Å². The first-order chi connectivity index (χ1) is 7.17. The minimum atomic E-state index is -0.774. The molecule has 1 N–H and O–H groups in total. The maximum Gasteiger partial charge on any atom is 0.308 e. The van der Waals surface area contributed by atoms with Crippen molar-refractivity contribution < 1.29 is 14.6 Å². The number of methoxy groups -OCH3 is 1. The van der Waals surface area contributed by atoms with Crippen molar-refractivity contribution in [2.45, 2.75) is 25.9 Å². The highest BCUT2D eigenvalue weighted by Crippen LogP contribution is 2.18. The first kappa shape index (κ1) is 11.7. The molecule has 1 aromatic carbocycles. The summed E-state index contributed by atoms with van der Waals surface area (Å²) in [5.74, 6) is -0.399. The fraction of sp³-hybridized carbons (Fsp3) is 0.417. The number of hydrogen-bond acceptors (Lipinski definition) is 3. The number of esters is 1. The van der Waals surface area contributed by atoms with E-state index < -0.39 is 12.1 Å². The average molecular weight is 208 g/mol. The normalized spacial score (nSPS) is 12.2. The molecule has 82 valence electrons. The number of aliphatic hydroxyl groups is 1. The number of benzene rings is 1. The monoisotopic (exact) mass is 208 g/mol. The Morgan fingerprint density at radius 3 is 2.87 bits per heavy atom. The van der Waals surface area contributed by atoms with Crippen LogP contribution in [0.15, 0.2) is 24.3 Å². The Morgan fingerprint density at radius 2 is 2.27 bits per heavy atom. The zero-order chi connectivity index (χ0) is 11.3. The first-order valence-electron chi connectivity index (χ1n) is 5.01. The van der Waals surface area contributed by atoms with Gasteiger partial charge in [0.05, 0.1) is 19.6 Å². The van der Waals surface area contributed by atoms with Crippen molar-refractivity contribution in [1.82, 2.24) is 0 Å². The van der Waals surface area contributed by atoms with E-state index in [0.29, 0.717) is 0 Å². The van der Waals surface area contributed by atoms with Crippen LogP contribution in [0.3, 0.4) is 0 Å². The van der Waals surface area contributed by atoms with Crippen molar-refractivity contribution in [3.05, 3.63) is 35.4 Å². The van der Waals surface area contributed by atoms with E-state index in [4.69, 9.17) is 0 Å². The second-order valence-electron chi connectivity index (χ2n) is 3.39. The number of hydrogen-bond donors (Lipinski definition) is 1. The van der Waals surface area contributed by atoms with Crippen molar-refractivity contribution in [3.8, 4) is 0 Å². The molecule has 0 aliphatic carbocycles. The summed E-state index contributed by atoms with van der Waals surface area (Å²) in [6.07, 6.45) is 0.145. The van der Waals surface area contributed by atoms with E-state index in [9.17, 15) is 9.90 Å². The second kappa shape index (κ2) is 5.51. The highest BCUT2D eigenvalue weighted by Gasteiger charge is 2.13. The molecular formula is C12H16O3. The highest BCUT2D eigenvalue weighted by atomic mass is 16.5. The van der Waals surface area contributed by atoms with E-state index in [-0.39, 0.29) is 6.42 Å². The Bertz CT molecular complexity index is 333. The molecular weight excluding hydrogens is 192 g/mol. The van der Waals surface area contributed by atoms with Crippen LogP contribution in [-0.4, -0.2) is 18.2 Å². The van der Waals surface area contributed by atoms with Crippen molar-refractivity contribution in [2.75, 3.05) is 7.11 Å². The van der Waals surface area contributed by atoms with Gasteiger partial charge in [-0.3, -0.25) is 4.79 Å². The van der Waals surface area contributed by atoms with Gasteiger partial charge in [0.1, 0.15) is 0 Å². The quantitative estimate of drug-likeness (QED) is 0.768. The van der Waals surface area contributed by atoms with Gasteiger partial charge < -0.3 is 9.84 Å². The molecule has 0 radical (unpaired) electrons. The maximum absolute atomic E-state index is 11.0. The van der Waals surface area contributed by atoms with Crippen LogP contribution in [0.25, 0.3) is 0 Å². The number of carbonyl (C=O) groups excluding carboxylic acids is 1. The number of aliphatic hydroxyl groups excluding tert-OH is 1. The molecule has 1 rings (SSSR count). The predicted molar refractivity (Wildman–Crippen MR) is 57.4 cm³/mol. The lowest BCUT2D eigenvalue weighted by molar-refractivity contribution is -0.142. The predicted octanol–water partition coefficient (Wildman–Crippen LogP) is 1.85. The van der Waals surface area contributed by atoms with Crippen LogP contribution in [0.2, 0.25) is 0 Å². The maximum atomic E-state index is 11.0. The molecule has 0 spiro atoms. The van der Waals surface area contributed by atoms with E-state index in [1.807, 2.05) is 31.2 Å². The molecule has 0 heterocycles. The molecule has 1 aromatic rings. The number of carbonyl (C=O) groups is 1. The summed E-state index contributed by atoms with van der Waals surface area (Å²) in [7, 11) is 1.32. The van der Waals surface area contributed by atoms with Crippen LogP contribution >= 0.6 is 0 Å². The van der Waals surface area contributed by atoms with Crippen molar-refractivity contribution >= 4 is 5.97 Å². The van der Waals surface area contributed by atoms with Gasteiger partial charge in [0.25, 0.3) is 0 Å². The molecule has 15 heavy (non-hydrogen) atoms. The zero-order valence-electron chi connectivity index (χ0n) is 9.06. The van der Waals surface area contributed by atoms with Crippen LogP contribution in [0.4, 0.5) is 0 Å². The molecule has 0 aliphatic heterocycles. The van der Waals surface area contributed by atoms with Gasteiger partial charge in [-0.1, -0.05) is 31.2 Å². The van der Waals surface area contributed by atoms with E-state index >= 15 is 0 Å². The van der Waals surface area contributed by atoms with Crippen molar-refractivity contribution in [3.63, 3.8) is 0 Å². The van der Waals surface area contributed by atoms with Gasteiger partial charge in [-0.15, -0.1) is 0 Å². The molecule has 0 amide bonds. The summed E-state index contributed by atoms with van der Waals surface area (Å²) in [5.41, 5.74) is 1.91. The Labute approximate surface area is 89.7 Å². The topological polar surface area (TPSA) is 46.5 Å². The number of ether oxygens (including phenoxy) is 1. The standard InChI is InChI=1S/C12H16O3/c1-3-9-5-4-6-10(7-9)11(13)8-12(14)15-2/h4-7,11,13H,3,8H2,1-2H3. The molecule has 0 aromatic heterocycles. The SMILES string of the molecule is CCc1cccc(C(O)CC(=O)OC)c1. The van der Waals surface area contributed by atoms with Gasteiger partial charge in [0, 0.05) is 0 Å². The Kier molecular flexibility index (Phi) is 4.31. The lowest BCUT2D eigenvalue weighted by atomic mass is 10.0. The van der Waals surface area contributed by atoms with Gasteiger partial charge in [-0.25, -0.2) is 0 Å². The minimum absolute atomic E-state index is 0.00364. The summed E-state index contributed by atoms with van der Waals surface area (Å²) in [6.45, 7) is 2.05. The lowest BCUT2D eigenvalue weighted by Gasteiger charge is -2.10. The highest BCUT2D eigenvalue weighted by molar-refractivity contribution is 5.70. The summed E-state index contributed by atoms with van der Waals surface area (Å²) in [6, 6.07) is 7.60. The average Bonchev–Trinajstić information content (AvgIpc) is 2.28. The Balaban J connectivity index is 2.72. The number of rotatable bonds is 4. The third-order valence-corrected chi connectivity index (χ3v) is 2.33. The molecule has 3 heteroatoms. The van der Waals surface area contributed by atoms with Gasteiger partial charge in [-0.2, -0.15) is 0 Å². The smallest absolute Gasteiger partial charge is 0.308 e. The fourth-order valence-electron chi connectivity index (χ4n) is 1.38. The number of aryl methyl sites for hydroxylation is 1. The van der Waals surface area contributed by atoms with Gasteiger partial charge >= 0.3 is 5.97 Å². The van der Waals surface area contributed by atoms with Crippen LogP contribution in [0.5, 0.6) is 0 Å². The molecule has 0 saturated carbocycles. The molecule has 0 saturated heterocycles. The van der Waals surface area contributed by atoms with E-state index in [1.165, 1.54) is 7.11 Å². The van der Waals surface area contributed by atoms with Crippen LogP contribution in [0.1, 0.15) is 30.6 Å². The minimum Gasteiger partial charge on any atom is -0.469 e. The van der Waals surface area contributed by atoms with E-state index in [2.05, 4.69) is 4.74 Å². The van der Waals surface area contributed by atoms with Gasteiger partial charge in [-0.05, 0) is 17.5 Å². The first-order valence-corrected chi connectivity index (χ1v) is 5.01. The third kappa shape index (κ3) is 3.36. The van der Waals surface area contributed by atoms with Crippen LogP contribution < -0.4 is 0 Å². The van der Waals surface area contributed by atoms with Crippen LogP contribution in [-0.2, 0) is 16.0 Å². The largest absolute Gasteiger partial charge is 0.469 e. The third-order valence-electron chi connectivity index (χ3n) is 2.33. The summed E-state index contributed by atoms with van der Waals surface area (Å²) in [5, 5.41) is 9.74. The van der Waals surface area contributed by atoms with Crippen LogP contribution in [0, 0.1) is 0 Å². The molecule has 0 bridgehead atoms. The molecule has 0 aliphatic rings. The zero-order valence-corrected chi connectivity index (χ0v) is 9.06. The summed E-state index contributed by atoms with van der Waals surface area (Å²) in [4.78, 5) is 11.0. The Hall–Kier alpha value is -1.35. The van der Waals surface area contributed by atoms with Gasteiger partial charge in [0.15, 0.2) is 0 Å². The van der Waals surface area contributed by atoms with E-state index in [0.717, 1.165) is 17.5 Å². The molecule has 1 atom stereocenters. The summed E-state index contributed by atoms with van der Waals surface area (Å²) >= 11 is 0. The molecule has 3 nitrogen and oxygen atoms in total. The fourth-order valence-corrected chi connectivity index (χ4v) is 1.38. The summed E-state index contributed by atoms with van der Waals surface area (Å²) < 4.78 is 4.50. The molecule has 1 unspecified atom stereocenters. The van der Waals surface area contributed by atoms with Crippen molar-refractivity contribution in [2.24, 2.45) is 0 Å². The molecule has 0 fully saturated rings. The lowest BCUT2D eigenvalue weighted by Crippen LogP contribution is -2.08. The second-order valence-corrected chi connectivity index (χ2v) is 3.39.